The molecule has 5 nitrogen and oxygen atoms in total. The Labute approximate surface area is 203 Å². The number of allylic oxidation sites excluding steroid dienone is 5. The first-order chi connectivity index (χ1) is 16.1. The summed E-state index contributed by atoms with van der Waals surface area (Å²) in [7, 11) is 0. The van der Waals surface area contributed by atoms with Gasteiger partial charge in [-0.15, -0.1) is 0 Å². The average molecular weight is 467 g/mol. The van der Waals surface area contributed by atoms with Gasteiger partial charge in [-0.1, -0.05) is 64.1 Å². The van der Waals surface area contributed by atoms with Gasteiger partial charge in [0.2, 0.25) is 0 Å². The van der Waals surface area contributed by atoms with Crippen molar-refractivity contribution in [2.45, 2.75) is 65.9 Å². The molecule has 0 fully saturated rings. The van der Waals surface area contributed by atoms with Crippen molar-refractivity contribution in [3.05, 3.63) is 83.6 Å². The second kappa shape index (κ2) is 14.1. The fourth-order valence-electron chi connectivity index (χ4n) is 3.55. The van der Waals surface area contributed by atoms with Crippen LogP contribution in [0, 0.1) is 5.82 Å². The van der Waals surface area contributed by atoms with E-state index in [-0.39, 0.29) is 5.82 Å². The number of hydrogen-bond acceptors (Lipinski definition) is 4. The Morgan fingerprint density at radius 2 is 1.79 bits per heavy atom. The van der Waals surface area contributed by atoms with Crippen LogP contribution in [-0.4, -0.2) is 20.4 Å². The largest absolute Gasteiger partial charge is 0.385 e. The zero-order valence-corrected chi connectivity index (χ0v) is 21.2. The maximum atomic E-state index is 12.8. The monoisotopic (exact) mass is 466 g/mol. The topological polar surface area (TPSA) is 76.4 Å². The molecule has 0 amide bonds. The number of hydrogen-bond donors (Lipinski definition) is 2. The standard InChI is InChI=1S/C15H20N4.C13H19FO/c1-6-8-9-13(7-2)19-10-17-14(12(19)5)15(16)18-11(3)4;1-3-9-13(15,10-4-2)11-5-7-12(14)8-6-11/h6-10H,2,5,16H2,1,3-4H3;5-8,15H,3-4,9-10H2,1-2H3/b8-6-,13-9+,15-14+;. The Morgan fingerprint density at radius 1 is 1.21 bits per heavy atom. The summed E-state index contributed by atoms with van der Waals surface area (Å²) in [4.78, 5) is 8.47. The minimum atomic E-state index is -0.781. The van der Waals surface area contributed by atoms with Crippen molar-refractivity contribution in [1.82, 2.24) is 9.55 Å². The third kappa shape index (κ3) is 8.27. The fourth-order valence-corrected chi connectivity index (χ4v) is 3.55. The van der Waals surface area contributed by atoms with E-state index in [1.165, 1.54) is 12.1 Å². The lowest BCUT2D eigenvalue weighted by atomic mass is 9.85. The number of nitrogens with two attached hydrogens (primary N) is 1. The van der Waals surface area contributed by atoms with Crippen LogP contribution in [0.4, 0.5) is 4.39 Å². The SMILES string of the molecule is C=C/C(=C\C=C/C)n1cn/c(=C(\N)N=C(C)C)c1=C.CCCC(O)(CCC)c1ccc(F)cc1. The van der Waals surface area contributed by atoms with E-state index in [4.69, 9.17) is 5.73 Å². The summed E-state index contributed by atoms with van der Waals surface area (Å²) in [6.45, 7) is 17.6. The fraction of sp³-hybridized carbons (Fsp3) is 0.357. The molecule has 2 rings (SSSR count). The second-order valence-electron chi connectivity index (χ2n) is 8.21. The molecule has 1 heterocycles. The molecule has 0 spiro atoms. The van der Waals surface area contributed by atoms with E-state index < -0.39 is 5.60 Å². The Kier molecular flexibility index (Phi) is 11.9. The molecule has 0 aliphatic rings. The summed E-state index contributed by atoms with van der Waals surface area (Å²) in [5, 5.41) is 11.7. The van der Waals surface area contributed by atoms with Crippen LogP contribution < -0.4 is 16.4 Å². The highest BCUT2D eigenvalue weighted by Gasteiger charge is 2.26. The molecule has 0 radical (unpaired) electrons. The van der Waals surface area contributed by atoms with E-state index in [9.17, 15) is 9.50 Å². The molecule has 6 heteroatoms. The van der Waals surface area contributed by atoms with Crippen molar-refractivity contribution in [1.29, 1.82) is 0 Å². The zero-order chi connectivity index (χ0) is 25.7. The van der Waals surface area contributed by atoms with Crippen LogP contribution in [0.2, 0.25) is 0 Å². The van der Waals surface area contributed by atoms with Gasteiger partial charge in [-0.2, -0.15) is 0 Å². The number of halogens is 1. The molecule has 0 aliphatic heterocycles. The lowest BCUT2D eigenvalue weighted by Crippen LogP contribution is -2.32. The van der Waals surface area contributed by atoms with E-state index in [2.05, 4.69) is 23.1 Å². The van der Waals surface area contributed by atoms with Gasteiger partial charge in [0.25, 0.3) is 0 Å². The van der Waals surface area contributed by atoms with Gasteiger partial charge in [0.05, 0.1) is 11.0 Å². The molecule has 3 N–H and O–H groups in total. The summed E-state index contributed by atoms with van der Waals surface area (Å²) >= 11 is 0. The Balaban J connectivity index is 0.000000350. The van der Waals surface area contributed by atoms with Gasteiger partial charge in [-0.25, -0.2) is 14.4 Å². The number of aliphatic imine (C=N–C) groups is 1. The van der Waals surface area contributed by atoms with Crippen LogP contribution in [0.5, 0.6) is 0 Å². The number of benzene rings is 1. The summed E-state index contributed by atoms with van der Waals surface area (Å²) in [6, 6.07) is 6.18. The smallest absolute Gasteiger partial charge is 0.151 e. The third-order valence-electron chi connectivity index (χ3n) is 5.11. The lowest BCUT2D eigenvalue weighted by Gasteiger charge is -2.28. The Hall–Kier alpha value is -3.25. The normalized spacial score (nSPS) is 12.7. The summed E-state index contributed by atoms with van der Waals surface area (Å²) in [6.07, 6.45) is 12.5. The van der Waals surface area contributed by atoms with Crippen molar-refractivity contribution in [3.63, 3.8) is 0 Å². The minimum absolute atomic E-state index is 0.255. The first kappa shape index (κ1) is 28.8. The van der Waals surface area contributed by atoms with E-state index in [0.29, 0.717) is 16.5 Å². The molecule has 0 atom stereocenters. The predicted octanol–water partition coefficient (Wildman–Crippen LogP) is 5.02. The van der Waals surface area contributed by atoms with Gasteiger partial charge < -0.3 is 10.8 Å². The van der Waals surface area contributed by atoms with Crippen molar-refractivity contribution in [2.24, 2.45) is 10.7 Å². The molecule has 0 unspecified atom stereocenters. The van der Waals surface area contributed by atoms with Crippen LogP contribution in [0.3, 0.4) is 0 Å². The summed E-state index contributed by atoms with van der Waals surface area (Å²) in [5.41, 5.74) is 7.71. The highest BCUT2D eigenvalue weighted by molar-refractivity contribution is 5.82. The Bertz CT molecular complexity index is 1110. The van der Waals surface area contributed by atoms with E-state index in [0.717, 1.165) is 42.7 Å². The molecule has 0 saturated heterocycles. The third-order valence-corrected chi connectivity index (χ3v) is 5.11. The molecule has 1 aromatic carbocycles. The van der Waals surface area contributed by atoms with Gasteiger partial charge >= 0.3 is 0 Å². The zero-order valence-electron chi connectivity index (χ0n) is 21.2. The molecule has 34 heavy (non-hydrogen) atoms. The van der Waals surface area contributed by atoms with Crippen LogP contribution in [-0.2, 0) is 5.60 Å². The van der Waals surface area contributed by atoms with Gasteiger partial charge in [0, 0.05) is 11.4 Å². The molecule has 184 valence electrons. The molecule has 2 aromatic rings. The number of aliphatic hydroxyl groups is 1. The molecule has 1 aromatic heterocycles. The molecular weight excluding hydrogens is 427 g/mol. The maximum Gasteiger partial charge on any atom is 0.151 e. The number of rotatable bonds is 9. The van der Waals surface area contributed by atoms with Gasteiger partial charge in [0.15, 0.2) is 5.82 Å². The minimum Gasteiger partial charge on any atom is -0.385 e. The van der Waals surface area contributed by atoms with Gasteiger partial charge in [-0.05, 0) is 63.5 Å². The quantitative estimate of drug-likeness (QED) is 0.403. The highest BCUT2D eigenvalue weighted by atomic mass is 19.1. The van der Waals surface area contributed by atoms with Crippen molar-refractivity contribution in [2.75, 3.05) is 0 Å². The van der Waals surface area contributed by atoms with Crippen LogP contribution in [0.25, 0.3) is 18.1 Å². The second-order valence-corrected chi connectivity index (χ2v) is 8.21. The maximum absolute atomic E-state index is 12.8. The van der Waals surface area contributed by atoms with E-state index >= 15 is 0 Å². The van der Waals surface area contributed by atoms with Crippen molar-refractivity contribution in [3.8, 4) is 0 Å². The Morgan fingerprint density at radius 3 is 2.26 bits per heavy atom. The molecule has 0 saturated carbocycles. The first-order valence-electron chi connectivity index (χ1n) is 11.6. The number of nitrogens with zero attached hydrogens (tertiary/aromatic N) is 3. The number of imidazole rings is 1. The van der Waals surface area contributed by atoms with Gasteiger partial charge in [0.1, 0.15) is 17.5 Å². The molecule has 0 bridgehead atoms. The summed E-state index contributed by atoms with van der Waals surface area (Å²) in [5.74, 6) is 0.118. The van der Waals surface area contributed by atoms with Crippen molar-refractivity contribution < 1.29 is 9.50 Å². The van der Waals surface area contributed by atoms with E-state index in [1.807, 2.05) is 57.4 Å². The molecular formula is C28H39FN4O. The van der Waals surface area contributed by atoms with E-state index in [1.54, 1.807) is 24.5 Å². The van der Waals surface area contributed by atoms with Crippen molar-refractivity contribution >= 4 is 23.8 Å². The van der Waals surface area contributed by atoms with Gasteiger partial charge in [-0.3, -0.25) is 4.57 Å². The summed E-state index contributed by atoms with van der Waals surface area (Å²) < 4.78 is 14.6. The lowest BCUT2D eigenvalue weighted by molar-refractivity contribution is 0.0169. The average Bonchev–Trinajstić information content (AvgIpc) is 3.16. The van der Waals surface area contributed by atoms with Crippen LogP contribution in [0.15, 0.2) is 66.5 Å². The first-order valence-corrected chi connectivity index (χ1v) is 11.6. The molecule has 0 aliphatic carbocycles. The van der Waals surface area contributed by atoms with Crippen LogP contribution in [0.1, 0.15) is 65.9 Å². The number of aromatic nitrogens is 2. The highest BCUT2D eigenvalue weighted by Crippen LogP contribution is 2.31. The van der Waals surface area contributed by atoms with Crippen LogP contribution >= 0.6 is 0 Å². The predicted molar refractivity (Wildman–Crippen MR) is 143 cm³/mol.